The van der Waals surface area contributed by atoms with Crippen LogP contribution in [0.2, 0.25) is 0 Å². The minimum Gasteiger partial charge on any atom is -0.477 e. The lowest BCUT2D eigenvalue weighted by molar-refractivity contribution is -0.117. The molecule has 2 heterocycles. The number of thiophene rings is 1. The maximum atomic E-state index is 12.4. The smallest absolute Gasteiger partial charge is 0.345 e. The number of carbonyl (C=O) groups excluding carboxylic acids is 1. The van der Waals surface area contributed by atoms with Crippen molar-refractivity contribution in [1.82, 2.24) is 0 Å². The molecular formula is C23H29NO5S. The van der Waals surface area contributed by atoms with Gasteiger partial charge in [-0.2, -0.15) is 0 Å². The standard InChI is InChI=1S/C23H29NO5S/c1-2-3-4-5-20(25)16-6-8-17(9-7-16)24-18(10-13-22(24)26)14-29-15-19-11-12-21(30-19)23(27)28/h6-9,11-12,18,20,25H,2-5,10,13-15H2,1H3,(H,27,28)/t18-,20?/m1/s1. The molecular weight excluding hydrogens is 402 g/mol. The van der Waals surface area contributed by atoms with Gasteiger partial charge in [0.25, 0.3) is 0 Å². The fraction of sp³-hybridized carbons (Fsp3) is 0.478. The van der Waals surface area contributed by atoms with E-state index >= 15 is 0 Å². The van der Waals surface area contributed by atoms with Crippen molar-refractivity contribution in [3.63, 3.8) is 0 Å². The summed E-state index contributed by atoms with van der Waals surface area (Å²) < 4.78 is 5.80. The van der Waals surface area contributed by atoms with Gasteiger partial charge in [-0.3, -0.25) is 4.79 Å². The lowest BCUT2D eigenvalue weighted by atomic mass is 10.0. The van der Waals surface area contributed by atoms with E-state index in [9.17, 15) is 14.7 Å². The van der Waals surface area contributed by atoms with Crippen molar-refractivity contribution in [1.29, 1.82) is 0 Å². The zero-order valence-corrected chi connectivity index (χ0v) is 18.1. The Balaban J connectivity index is 1.56. The van der Waals surface area contributed by atoms with E-state index in [0.29, 0.717) is 24.5 Å². The first-order valence-electron chi connectivity index (χ1n) is 10.5. The molecule has 3 rings (SSSR count). The van der Waals surface area contributed by atoms with E-state index in [-0.39, 0.29) is 11.9 Å². The molecule has 1 saturated heterocycles. The number of aromatic carboxylic acids is 1. The maximum Gasteiger partial charge on any atom is 0.345 e. The summed E-state index contributed by atoms with van der Waals surface area (Å²) in [6, 6.07) is 10.9. The van der Waals surface area contributed by atoms with Crippen LogP contribution in [-0.2, 0) is 16.1 Å². The number of aliphatic hydroxyl groups excluding tert-OH is 1. The molecule has 162 valence electrons. The molecule has 2 N–H and O–H groups in total. The van der Waals surface area contributed by atoms with Crippen molar-refractivity contribution in [2.75, 3.05) is 11.5 Å². The largest absolute Gasteiger partial charge is 0.477 e. The van der Waals surface area contributed by atoms with Crippen molar-refractivity contribution in [3.8, 4) is 0 Å². The third kappa shape index (κ3) is 5.68. The second-order valence-corrected chi connectivity index (χ2v) is 8.81. The van der Waals surface area contributed by atoms with Gasteiger partial charge in [0.2, 0.25) is 5.91 Å². The number of amides is 1. The molecule has 2 aromatic rings. The number of unbranched alkanes of at least 4 members (excludes halogenated alkanes) is 2. The summed E-state index contributed by atoms with van der Waals surface area (Å²) in [5.41, 5.74) is 1.70. The Morgan fingerprint density at radius 3 is 2.67 bits per heavy atom. The van der Waals surface area contributed by atoms with E-state index in [0.717, 1.165) is 48.2 Å². The Bertz CT molecular complexity index is 848. The van der Waals surface area contributed by atoms with Crippen LogP contribution in [0.15, 0.2) is 36.4 Å². The Kier molecular flexibility index (Phi) is 8.01. The van der Waals surface area contributed by atoms with E-state index in [4.69, 9.17) is 9.84 Å². The van der Waals surface area contributed by atoms with Crippen LogP contribution >= 0.6 is 11.3 Å². The Hall–Kier alpha value is -2.22. The van der Waals surface area contributed by atoms with Gasteiger partial charge < -0.3 is 19.8 Å². The van der Waals surface area contributed by atoms with Gasteiger partial charge in [-0.05, 0) is 42.7 Å². The van der Waals surface area contributed by atoms with Gasteiger partial charge in [0, 0.05) is 17.0 Å². The van der Waals surface area contributed by atoms with E-state index in [1.807, 2.05) is 24.3 Å². The quantitative estimate of drug-likeness (QED) is 0.500. The number of rotatable bonds is 11. The highest BCUT2D eigenvalue weighted by Gasteiger charge is 2.32. The first-order chi connectivity index (χ1) is 14.5. The summed E-state index contributed by atoms with van der Waals surface area (Å²) in [4.78, 5) is 26.4. The molecule has 0 saturated carbocycles. The number of nitrogens with zero attached hydrogens (tertiary/aromatic N) is 1. The van der Waals surface area contributed by atoms with Crippen LogP contribution in [-0.4, -0.2) is 34.7 Å². The molecule has 0 aliphatic carbocycles. The summed E-state index contributed by atoms with van der Waals surface area (Å²) in [5, 5.41) is 19.3. The Morgan fingerprint density at radius 1 is 1.23 bits per heavy atom. The third-order valence-electron chi connectivity index (χ3n) is 5.39. The molecule has 1 unspecified atom stereocenters. The Labute approximate surface area is 181 Å². The van der Waals surface area contributed by atoms with E-state index in [2.05, 4.69) is 6.92 Å². The lowest BCUT2D eigenvalue weighted by Gasteiger charge is -2.25. The number of anilines is 1. The highest BCUT2D eigenvalue weighted by Crippen LogP contribution is 2.29. The minimum atomic E-state index is -0.933. The summed E-state index contributed by atoms with van der Waals surface area (Å²) in [6.07, 6.45) is 4.73. The summed E-state index contributed by atoms with van der Waals surface area (Å²) >= 11 is 1.20. The zero-order chi connectivity index (χ0) is 21.5. The molecule has 7 heteroatoms. The average molecular weight is 432 g/mol. The summed E-state index contributed by atoms with van der Waals surface area (Å²) in [6.45, 7) is 2.87. The van der Waals surface area contributed by atoms with Crippen molar-refractivity contribution < 1.29 is 24.5 Å². The average Bonchev–Trinajstić information content (AvgIpc) is 3.35. The lowest BCUT2D eigenvalue weighted by Crippen LogP contribution is -2.36. The van der Waals surface area contributed by atoms with Gasteiger partial charge in [0.1, 0.15) is 4.88 Å². The molecule has 1 aliphatic rings. The zero-order valence-electron chi connectivity index (χ0n) is 17.3. The van der Waals surface area contributed by atoms with Crippen molar-refractivity contribution in [2.24, 2.45) is 0 Å². The molecule has 0 radical (unpaired) electrons. The summed E-state index contributed by atoms with van der Waals surface area (Å²) in [7, 11) is 0. The van der Waals surface area contributed by atoms with Crippen LogP contribution in [0.1, 0.15) is 71.7 Å². The first kappa shape index (κ1) is 22.5. The summed E-state index contributed by atoms with van der Waals surface area (Å²) in [5.74, 6) is -0.859. The van der Waals surface area contributed by atoms with Crippen LogP contribution in [0.4, 0.5) is 5.69 Å². The van der Waals surface area contributed by atoms with Gasteiger partial charge in [-0.15, -0.1) is 11.3 Å². The Morgan fingerprint density at radius 2 is 2.00 bits per heavy atom. The van der Waals surface area contributed by atoms with Crippen LogP contribution in [0.25, 0.3) is 0 Å². The molecule has 1 aromatic carbocycles. The predicted octanol–water partition coefficient (Wildman–Crippen LogP) is 4.77. The van der Waals surface area contributed by atoms with Gasteiger partial charge in [0.05, 0.1) is 25.4 Å². The second-order valence-electron chi connectivity index (χ2n) is 7.65. The van der Waals surface area contributed by atoms with E-state index in [1.165, 1.54) is 11.3 Å². The maximum absolute atomic E-state index is 12.4. The van der Waals surface area contributed by atoms with Crippen molar-refractivity contribution in [2.45, 2.75) is 64.2 Å². The van der Waals surface area contributed by atoms with Crippen molar-refractivity contribution >= 4 is 28.9 Å². The number of carbonyl (C=O) groups is 2. The number of benzene rings is 1. The molecule has 1 amide bonds. The molecule has 1 aliphatic heterocycles. The fourth-order valence-electron chi connectivity index (χ4n) is 3.73. The minimum absolute atomic E-state index is 0.0447. The number of hydrogen-bond donors (Lipinski definition) is 2. The molecule has 1 aromatic heterocycles. The number of carboxylic acid groups (broad SMARTS) is 1. The van der Waals surface area contributed by atoms with Crippen LogP contribution in [0, 0.1) is 0 Å². The van der Waals surface area contributed by atoms with E-state index in [1.54, 1.807) is 17.0 Å². The second kappa shape index (κ2) is 10.7. The van der Waals surface area contributed by atoms with Gasteiger partial charge in [-0.1, -0.05) is 38.3 Å². The normalized spacial score (nSPS) is 17.5. The molecule has 30 heavy (non-hydrogen) atoms. The molecule has 2 atom stereocenters. The number of hydrogen-bond acceptors (Lipinski definition) is 5. The molecule has 0 bridgehead atoms. The number of carboxylic acids is 1. The van der Waals surface area contributed by atoms with Gasteiger partial charge in [-0.25, -0.2) is 4.79 Å². The van der Waals surface area contributed by atoms with Gasteiger partial charge in [0.15, 0.2) is 0 Å². The van der Waals surface area contributed by atoms with Crippen molar-refractivity contribution in [3.05, 3.63) is 51.7 Å². The SMILES string of the molecule is CCCCCC(O)c1ccc(N2C(=O)CC[C@@H]2COCc2ccc(C(=O)O)s2)cc1. The molecule has 0 spiro atoms. The highest BCUT2D eigenvalue weighted by molar-refractivity contribution is 7.13. The fourth-order valence-corrected chi connectivity index (χ4v) is 4.52. The van der Waals surface area contributed by atoms with Crippen LogP contribution in [0.5, 0.6) is 0 Å². The first-order valence-corrected chi connectivity index (χ1v) is 11.3. The van der Waals surface area contributed by atoms with Crippen LogP contribution < -0.4 is 4.90 Å². The molecule has 1 fully saturated rings. The number of ether oxygens (including phenoxy) is 1. The third-order valence-corrected chi connectivity index (χ3v) is 6.44. The topological polar surface area (TPSA) is 87.1 Å². The number of aliphatic hydroxyl groups is 1. The predicted molar refractivity (Wildman–Crippen MR) is 117 cm³/mol. The molecule has 6 nitrogen and oxygen atoms in total. The monoisotopic (exact) mass is 431 g/mol. The van der Waals surface area contributed by atoms with Gasteiger partial charge >= 0.3 is 5.97 Å². The van der Waals surface area contributed by atoms with E-state index < -0.39 is 12.1 Å². The highest BCUT2D eigenvalue weighted by atomic mass is 32.1. The van der Waals surface area contributed by atoms with Crippen LogP contribution in [0.3, 0.4) is 0 Å².